The second-order valence-corrected chi connectivity index (χ2v) is 5.17. The Morgan fingerprint density at radius 3 is 2.80 bits per heavy atom. The number of ketones is 1. The van der Waals surface area contributed by atoms with Crippen molar-refractivity contribution in [1.82, 2.24) is 4.98 Å². The fourth-order valence-corrected chi connectivity index (χ4v) is 3.16. The van der Waals surface area contributed by atoms with E-state index in [4.69, 9.17) is 0 Å². The molecule has 0 spiro atoms. The van der Waals surface area contributed by atoms with Gasteiger partial charge in [0.05, 0.1) is 5.52 Å². The Bertz CT molecular complexity index is 834. The number of para-hydroxylation sites is 1. The van der Waals surface area contributed by atoms with Crippen LogP contribution < -0.4 is 0 Å². The molecule has 0 bridgehead atoms. The first-order chi connectivity index (χ1) is 9.75. The van der Waals surface area contributed by atoms with Gasteiger partial charge in [-0.1, -0.05) is 36.4 Å². The predicted octanol–water partition coefficient (Wildman–Crippen LogP) is 4.03. The van der Waals surface area contributed by atoms with E-state index in [-0.39, 0.29) is 17.5 Å². The van der Waals surface area contributed by atoms with Crippen LogP contribution in [-0.2, 0) is 0 Å². The molecule has 2 aromatic carbocycles. The van der Waals surface area contributed by atoms with Gasteiger partial charge < -0.3 is 4.98 Å². The molecule has 3 heteroatoms. The summed E-state index contributed by atoms with van der Waals surface area (Å²) in [6.45, 7) is 0. The van der Waals surface area contributed by atoms with Crippen LogP contribution in [0.15, 0.2) is 48.7 Å². The normalized spacial score (nSPS) is 17.6. The van der Waals surface area contributed by atoms with Gasteiger partial charge in [-0.3, -0.25) is 4.79 Å². The average Bonchev–Trinajstić information content (AvgIpc) is 3.02. The number of carbonyl (C=O) groups is 1. The molecule has 0 aliphatic heterocycles. The molecule has 1 aromatic heterocycles. The van der Waals surface area contributed by atoms with E-state index in [0.29, 0.717) is 11.9 Å². The van der Waals surface area contributed by atoms with E-state index in [9.17, 15) is 9.18 Å². The molecule has 0 fully saturated rings. The zero-order valence-electron chi connectivity index (χ0n) is 10.7. The second-order valence-electron chi connectivity index (χ2n) is 5.17. The molecule has 0 saturated heterocycles. The first-order valence-electron chi connectivity index (χ1n) is 6.63. The Balaban J connectivity index is 1.94. The van der Waals surface area contributed by atoms with Gasteiger partial charge in [0, 0.05) is 29.5 Å². The molecule has 0 saturated carbocycles. The van der Waals surface area contributed by atoms with Gasteiger partial charge >= 0.3 is 0 Å². The lowest BCUT2D eigenvalue weighted by atomic mass is 9.93. The molecule has 1 aliphatic carbocycles. The van der Waals surface area contributed by atoms with Crippen LogP contribution in [0, 0.1) is 5.82 Å². The van der Waals surface area contributed by atoms with Gasteiger partial charge in [-0.15, -0.1) is 0 Å². The van der Waals surface area contributed by atoms with E-state index in [0.717, 1.165) is 22.1 Å². The lowest BCUT2D eigenvalue weighted by Gasteiger charge is -2.09. The molecule has 0 radical (unpaired) electrons. The van der Waals surface area contributed by atoms with Crippen LogP contribution in [-0.4, -0.2) is 10.8 Å². The predicted molar refractivity (Wildman–Crippen MR) is 75.5 cm³/mol. The van der Waals surface area contributed by atoms with Crippen molar-refractivity contribution in [3.63, 3.8) is 0 Å². The van der Waals surface area contributed by atoms with Crippen molar-refractivity contribution in [2.24, 2.45) is 0 Å². The molecule has 2 nitrogen and oxygen atoms in total. The first-order valence-corrected chi connectivity index (χ1v) is 6.63. The van der Waals surface area contributed by atoms with E-state index in [1.807, 2.05) is 36.5 Å². The maximum absolute atomic E-state index is 13.8. The summed E-state index contributed by atoms with van der Waals surface area (Å²) in [4.78, 5) is 15.1. The highest BCUT2D eigenvalue weighted by molar-refractivity contribution is 6.02. The monoisotopic (exact) mass is 265 g/mol. The average molecular weight is 265 g/mol. The lowest BCUT2D eigenvalue weighted by molar-refractivity contribution is 0.0991. The molecule has 1 atom stereocenters. The maximum Gasteiger partial charge on any atom is 0.164 e. The van der Waals surface area contributed by atoms with Crippen LogP contribution in [0.1, 0.15) is 33.8 Å². The number of aromatic amines is 1. The van der Waals surface area contributed by atoms with Crippen LogP contribution in [0.25, 0.3) is 10.9 Å². The number of H-pyrrole nitrogens is 1. The number of nitrogens with one attached hydrogen (secondary N) is 1. The number of halogens is 1. The molecule has 0 unspecified atom stereocenters. The Labute approximate surface area is 115 Å². The van der Waals surface area contributed by atoms with E-state index in [1.165, 1.54) is 6.07 Å². The van der Waals surface area contributed by atoms with Crippen molar-refractivity contribution < 1.29 is 9.18 Å². The summed E-state index contributed by atoms with van der Waals surface area (Å²) in [5.41, 5.74) is 3.35. The number of aromatic nitrogens is 1. The third kappa shape index (κ3) is 1.46. The van der Waals surface area contributed by atoms with Gasteiger partial charge in [0.25, 0.3) is 0 Å². The van der Waals surface area contributed by atoms with Gasteiger partial charge in [0.15, 0.2) is 5.78 Å². The summed E-state index contributed by atoms with van der Waals surface area (Å²) >= 11 is 0. The van der Waals surface area contributed by atoms with E-state index >= 15 is 0 Å². The fraction of sp³-hybridized carbons (Fsp3) is 0.118. The molecule has 20 heavy (non-hydrogen) atoms. The Hall–Kier alpha value is -2.42. The van der Waals surface area contributed by atoms with E-state index in [1.54, 1.807) is 6.07 Å². The lowest BCUT2D eigenvalue weighted by Crippen LogP contribution is -1.95. The summed E-state index contributed by atoms with van der Waals surface area (Å²) in [6, 6.07) is 12.7. The number of rotatable bonds is 1. The minimum Gasteiger partial charge on any atom is -0.358 e. The quantitative estimate of drug-likeness (QED) is 0.708. The number of Topliss-reactive ketones (excluding diaryl/α,β-unsaturated/α-hetero) is 1. The molecule has 4 rings (SSSR count). The minimum absolute atomic E-state index is 0.0225. The summed E-state index contributed by atoms with van der Waals surface area (Å²) < 4.78 is 13.8. The van der Waals surface area contributed by atoms with Gasteiger partial charge in [-0.2, -0.15) is 0 Å². The molecular weight excluding hydrogens is 253 g/mol. The van der Waals surface area contributed by atoms with Gasteiger partial charge in [-0.25, -0.2) is 4.39 Å². The largest absolute Gasteiger partial charge is 0.358 e. The third-order valence-corrected chi connectivity index (χ3v) is 4.10. The highest BCUT2D eigenvalue weighted by Gasteiger charge is 2.31. The SMILES string of the molecule is O=C1C[C@@H](c2c[nH]c3c(F)cccc23)c2ccccc21. The van der Waals surface area contributed by atoms with E-state index < -0.39 is 0 Å². The topological polar surface area (TPSA) is 32.9 Å². The molecular formula is C17H12FNO. The standard InChI is InChI=1S/C17H12FNO/c18-15-7-3-6-12-14(9-19-17(12)15)13-8-16(20)11-5-2-1-4-10(11)13/h1-7,9,13,19H,8H2/t13-/m1/s1. The molecule has 0 amide bonds. The maximum atomic E-state index is 13.8. The van der Waals surface area contributed by atoms with Crippen molar-refractivity contribution in [3.8, 4) is 0 Å². The highest BCUT2D eigenvalue weighted by Crippen LogP contribution is 2.40. The van der Waals surface area contributed by atoms with Crippen molar-refractivity contribution in [1.29, 1.82) is 0 Å². The van der Waals surface area contributed by atoms with Crippen molar-refractivity contribution in [2.45, 2.75) is 12.3 Å². The third-order valence-electron chi connectivity index (χ3n) is 4.10. The summed E-state index contributed by atoms with van der Waals surface area (Å²) in [7, 11) is 0. The molecule has 98 valence electrons. The Morgan fingerprint density at radius 1 is 1.05 bits per heavy atom. The number of hydrogen-bond donors (Lipinski definition) is 1. The number of benzene rings is 2. The number of fused-ring (bicyclic) bond motifs is 2. The number of hydrogen-bond acceptors (Lipinski definition) is 1. The van der Waals surface area contributed by atoms with Gasteiger partial charge in [0.2, 0.25) is 0 Å². The summed E-state index contributed by atoms with van der Waals surface area (Å²) in [6.07, 6.45) is 2.29. The minimum atomic E-state index is -0.258. The number of carbonyl (C=O) groups excluding carboxylic acids is 1. The van der Waals surface area contributed by atoms with Crippen LogP contribution >= 0.6 is 0 Å². The molecule has 3 aromatic rings. The van der Waals surface area contributed by atoms with Gasteiger partial charge in [0.1, 0.15) is 5.82 Å². The molecule has 1 N–H and O–H groups in total. The Morgan fingerprint density at radius 2 is 1.90 bits per heavy atom. The molecule has 1 aliphatic rings. The second kappa shape index (κ2) is 4.04. The summed E-state index contributed by atoms with van der Waals surface area (Å²) in [5, 5.41) is 0.861. The van der Waals surface area contributed by atoms with Crippen molar-refractivity contribution in [2.75, 3.05) is 0 Å². The van der Waals surface area contributed by atoms with Crippen LogP contribution in [0.2, 0.25) is 0 Å². The smallest absolute Gasteiger partial charge is 0.164 e. The Kier molecular flexibility index (Phi) is 2.30. The van der Waals surface area contributed by atoms with Gasteiger partial charge in [-0.05, 0) is 17.2 Å². The zero-order valence-corrected chi connectivity index (χ0v) is 10.7. The van der Waals surface area contributed by atoms with Crippen LogP contribution in [0.4, 0.5) is 4.39 Å². The fourth-order valence-electron chi connectivity index (χ4n) is 3.16. The van der Waals surface area contributed by atoms with Crippen molar-refractivity contribution in [3.05, 3.63) is 71.2 Å². The zero-order chi connectivity index (χ0) is 13.7. The first kappa shape index (κ1) is 11.4. The van der Waals surface area contributed by atoms with E-state index in [2.05, 4.69) is 4.98 Å². The van der Waals surface area contributed by atoms with Crippen LogP contribution in [0.5, 0.6) is 0 Å². The summed E-state index contributed by atoms with van der Waals surface area (Å²) in [5.74, 6) is -0.0723. The van der Waals surface area contributed by atoms with Crippen LogP contribution in [0.3, 0.4) is 0 Å². The van der Waals surface area contributed by atoms with Crippen molar-refractivity contribution >= 4 is 16.7 Å². The highest BCUT2D eigenvalue weighted by atomic mass is 19.1. The molecule has 1 heterocycles.